The second kappa shape index (κ2) is 12.0. The molecule has 0 saturated carbocycles. The highest BCUT2D eigenvalue weighted by Gasteiger charge is 2.24. The topological polar surface area (TPSA) is 106 Å². The van der Waals surface area contributed by atoms with Gasteiger partial charge in [-0.3, -0.25) is 9.69 Å². The number of ether oxygens (including phenoxy) is 3. The fourth-order valence-electron chi connectivity index (χ4n) is 3.51. The molecule has 1 amide bonds. The molecule has 1 saturated heterocycles. The summed E-state index contributed by atoms with van der Waals surface area (Å²) in [5.74, 6) is 0.965. The molecule has 0 bridgehead atoms. The molecular formula is C23H31N3O6S. The zero-order chi connectivity index (χ0) is 23.7. The zero-order valence-electron chi connectivity index (χ0n) is 19.0. The third-order valence-electron chi connectivity index (χ3n) is 5.43. The third-order valence-corrected chi connectivity index (χ3v) is 6.92. The van der Waals surface area contributed by atoms with Gasteiger partial charge in [0.25, 0.3) is 0 Å². The molecule has 2 N–H and O–H groups in total. The molecule has 1 aliphatic rings. The Morgan fingerprint density at radius 3 is 2.15 bits per heavy atom. The van der Waals surface area contributed by atoms with Gasteiger partial charge in [0, 0.05) is 32.6 Å². The van der Waals surface area contributed by atoms with Crippen LogP contribution in [-0.2, 0) is 19.6 Å². The highest BCUT2D eigenvalue weighted by atomic mass is 32.2. The van der Waals surface area contributed by atoms with Crippen molar-refractivity contribution >= 4 is 15.9 Å². The predicted molar refractivity (Wildman–Crippen MR) is 124 cm³/mol. The molecule has 9 nitrogen and oxygen atoms in total. The minimum Gasteiger partial charge on any atom is -0.497 e. The third kappa shape index (κ3) is 7.43. The lowest BCUT2D eigenvalue weighted by Crippen LogP contribution is -2.42. The number of rotatable bonds is 11. The Kier molecular flexibility index (Phi) is 9.07. The van der Waals surface area contributed by atoms with E-state index in [2.05, 4.69) is 14.9 Å². The van der Waals surface area contributed by atoms with Gasteiger partial charge in [-0.2, -0.15) is 0 Å². The first-order chi connectivity index (χ1) is 15.9. The summed E-state index contributed by atoms with van der Waals surface area (Å²) in [5, 5.41) is 2.90. The fraction of sp³-hybridized carbons (Fsp3) is 0.435. The van der Waals surface area contributed by atoms with Crippen LogP contribution in [0, 0.1) is 0 Å². The summed E-state index contributed by atoms with van der Waals surface area (Å²) < 4.78 is 44.3. The lowest BCUT2D eigenvalue weighted by atomic mass is 10.0. The number of nitrogens with zero attached hydrogens (tertiary/aromatic N) is 1. The van der Waals surface area contributed by atoms with E-state index in [1.165, 1.54) is 19.2 Å². The van der Waals surface area contributed by atoms with Gasteiger partial charge in [0.1, 0.15) is 11.5 Å². The van der Waals surface area contributed by atoms with Crippen molar-refractivity contribution in [3.05, 3.63) is 54.1 Å². The van der Waals surface area contributed by atoms with Gasteiger partial charge in [0.05, 0.1) is 38.4 Å². The number of morpholine rings is 1. The maximum Gasteiger partial charge on any atom is 0.241 e. The smallest absolute Gasteiger partial charge is 0.241 e. The van der Waals surface area contributed by atoms with Crippen molar-refractivity contribution in [1.82, 2.24) is 14.9 Å². The summed E-state index contributed by atoms with van der Waals surface area (Å²) in [6, 6.07) is 12.3. The van der Waals surface area contributed by atoms with Crippen LogP contribution in [0.2, 0.25) is 0 Å². The standard InChI is InChI=1S/C23H31N3O6S/c1-30-19-5-3-18(4-6-19)22(17-23(27)24-11-12-26-13-15-32-16-14-26)25-33(28,29)21-9-7-20(31-2)8-10-21/h3-10,22,25H,11-17H2,1-2H3,(H,24,27)/t22-/m1/s1. The number of benzene rings is 2. The van der Waals surface area contributed by atoms with Crippen LogP contribution in [0.25, 0.3) is 0 Å². The van der Waals surface area contributed by atoms with Gasteiger partial charge < -0.3 is 19.5 Å². The molecule has 0 aromatic heterocycles. The molecule has 0 aliphatic carbocycles. The molecule has 1 atom stereocenters. The van der Waals surface area contributed by atoms with Crippen LogP contribution in [-0.4, -0.2) is 72.8 Å². The van der Waals surface area contributed by atoms with Crippen LogP contribution in [0.5, 0.6) is 11.5 Å². The second-order valence-corrected chi connectivity index (χ2v) is 9.34. The Morgan fingerprint density at radius 1 is 1.00 bits per heavy atom. The van der Waals surface area contributed by atoms with E-state index in [9.17, 15) is 13.2 Å². The van der Waals surface area contributed by atoms with Gasteiger partial charge in [-0.15, -0.1) is 0 Å². The van der Waals surface area contributed by atoms with Gasteiger partial charge in [0.2, 0.25) is 15.9 Å². The van der Waals surface area contributed by atoms with E-state index in [4.69, 9.17) is 14.2 Å². The van der Waals surface area contributed by atoms with E-state index in [0.717, 1.165) is 19.6 Å². The van der Waals surface area contributed by atoms with E-state index in [1.807, 2.05) is 0 Å². The van der Waals surface area contributed by atoms with Crippen LogP contribution in [0.15, 0.2) is 53.4 Å². The van der Waals surface area contributed by atoms with Gasteiger partial charge in [-0.05, 0) is 42.0 Å². The molecule has 0 unspecified atom stereocenters. The van der Waals surface area contributed by atoms with E-state index in [-0.39, 0.29) is 17.2 Å². The number of carbonyl (C=O) groups is 1. The highest BCUT2D eigenvalue weighted by Crippen LogP contribution is 2.24. The van der Waals surface area contributed by atoms with E-state index in [1.54, 1.807) is 43.5 Å². The summed E-state index contributed by atoms with van der Waals surface area (Å²) in [7, 11) is -0.801. The molecule has 2 aromatic carbocycles. The van der Waals surface area contributed by atoms with Crippen LogP contribution in [0.4, 0.5) is 0 Å². The average Bonchev–Trinajstić information content (AvgIpc) is 2.84. The Hall–Kier alpha value is -2.66. The molecular weight excluding hydrogens is 446 g/mol. The summed E-state index contributed by atoms with van der Waals surface area (Å²) in [5.41, 5.74) is 0.663. The van der Waals surface area contributed by atoms with Crippen LogP contribution >= 0.6 is 0 Å². The summed E-state index contributed by atoms with van der Waals surface area (Å²) in [6.07, 6.45) is -0.0369. The van der Waals surface area contributed by atoms with Crippen molar-refractivity contribution in [1.29, 1.82) is 0 Å². The van der Waals surface area contributed by atoms with Gasteiger partial charge in [-0.25, -0.2) is 13.1 Å². The van der Waals surface area contributed by atoms with Gasteiger partial charge in [0.15, 0.2) is 0 Å². The molecule has 10 heteroatoms. The average molecular weight is 478 g/mol. The van der Waals surface area contributed by atoms with Crippen molar-refractivity contribution < 1.29 is 27.4 Å². The molecule has 3 rings (SSSR count). The minimum atomic E-state index is -3.87. The number of hydrogen-bond donors (Lipinski definition) is 2. The van der Waals surface area contributed by atoms with E-state index < -0.39 is 16.1 Å². The fourth-order valence-corrected chi connectivity index (χ4v) is 4.73. The SMILES string of the molecule is COc1ccc([C@@H](CC(=O)NCCN2CCOCC2)NS(=O)(=O)c2ccc(OC)cc2)cc1. The number of sulfonamides is 1. The Morgan fingerprint density at radius 2 is 1.58 bits per heavy atom. The summed E-state index contributed by atoms with van der Waals surface area (Å²) in [4.78, 5) is 15.0. The van der Waals surface area contributed by atoms with Crippen molar-refractivity contribution in [2.24, 2.45) is 0 Å². The maximum atomic E-state index is 13.0. The van der Waals surface area contributed by atoms with Gasteiger partial charge in [-0.1, -0.05) is 12.1 Å². The van der Waals surface area contributed by atoms with E-state index in [0.29, 0.717) is 36.8 Å². The van der Waals surface area contributed by atoms with Crippen molar-refractivity contribution in [2.75, 3.05) is 53.6 Å². The lowest BCUT2D eigenvalue weighted by molar-refractivity contribution is -0.121. The van der Waals surface area contributed by atoms with Crippen molar-refractivity contribution in [3.63, 3.8) is 0 Å². The number of methoxy groups -OCH3 is 2. The molecule has 0 spiro atoms. The normalized spacial score (nSPS) is 15.6. The molecule has 180 valence electrons. The molecule has 2 aromatic rings. The number of carbonyl (C=O) groups excluding carboxylic acids is 1. The maximum absolute atomic E-state index is 13.0. The molecule has 0 radical (unpaired) electrons. The lowest BCUT2D eigenvalue weighted by Gasteiger charge is -2.26. The molecule has 1 heterocycles. The van der Waals surface area contributed by atoms with E-state index >= 15 is 0 Å². The largest absolute Gasteiger partial charge is 0.497 e. The highest BCUT2D eigenvalue weighted by molar-refractivity contribution is 7.89. The first-order valence-corrected chi connectivity index (χ1v) is 12.3. The van der Waals surface area contributed by atoms with Crippen molar-refractivity contribution in [2.45, 2.75) is 17.4 Å². The first-order valence-electron chi connectivity index (χ1n) is 10.8. The predicted octanol–water partition coefficient (Wildman–Crippen LogP) is 1.56. The van der Waals surface area contributed by atoms with Gasteiger partial charge >= 0.3 is 0 Å². The second-order valence-electron chi connectivity index (χ2n) is 7.63. The Bertz CT molecular complexity index is 990. The first kappa shape index (κ1) is 25.0. The number of nitrogens with one attached hydrogen (secondary N) is 2. The summed E-state index contributed by atoms with van der Waals surface area (Å²) >= 11 is 0. The number of amides is 1. The zero-order valence-corrected chi connectivity index (χ0v) is 19.8. The summed E-state index contributed by atoms with van der Waals surface area (Å²) in [6.45, 7) is 4.28. The monoisotopic (exact) mass is 477 g/mol. The van der Waals surface area contributed by atoms with Crippen molar-refractivity contribution in [3.8, 4) is 11.5 Å². The molecule has 1 fully saturated rings. The van der Waals surface area contributed by atoms with Crippen LogP contribution in [0.3, 0.4) is 0 Å². The quantitative estimate of drug-likeness (QED) is 0.506. The van der Waals surface area contributed by atoms with Crippen LogP contribution < -0.4 is 19.5 Å². The molecule has 1 aliphatic heterocycles. The number of hydrogen-bond acceptors (Lipinski definition) is 7. The Labute approximate surface area is 195 Å². The Balaban J connectivity index is 1.69. The minimum absolute atomic E-state index is 0.0369. The van der Waals surface area contributed by atoms with Crippen LogP contribution in [0.1, 0.15) is 18.0 Å². The molecule has 33 heavy (non-hydrogen) atoms.